The van der Waals surface area contributed by atoms with Gasteiger partial charge in [0.1, 0.15) is 0 Å². The molecule has 0 radical (unpaired) electrons. The number of piperazine rings is 1. The molecule has 1 aromatic rings. The van der Waals surface area contributed by atoms with Gasteiger partial charge in [-0.2, -0.15) is 17.5 Å². The van der Waals surface area contributed by atoms with Crippen LogP contribution in [0.1, 0.15) is 39.2 Å². The van der Waals surface area contributed by atoms with Crippen LogP contribution in [-0.4, -0.2) is 74.8 Å². The Labute approximate surface area is 227 Å². The first kappa shape index (κ1) is 30.7. The highest BCUT2D eigenvalue weighted by Gasteiger charge is 2.51. The van der Waals surface area contributed by atoms with Crippen LogP contribution >= 0.6 is 12.2 Å². The molecule has 0 spiro atoms. The Hall–Kier alpha value is -1.84. The zero-order valence-corrected chi connectivity index (χ0v) is 23.7. The fraction of sp³-hybridized carbons (Fsp3) is 0.542. The van der Waals surface area contributed by atoms with Gasteiger partial charge in [-0.1, -0.05) is 43.4 Å². The van der Waals surface area contributed by atoms with Gasteiger partial charge in [-0.3, -0.25) is 0 Å². The summed E-state index contributed by atoms with van der Waals surface area (Å²) < 4.78 is 95.7. The van der Waals surface area contributed by atoms with E-state index in [-0.39, 0.29) is 41.5 Å². The number of alkyl halides is 3. The van der Waals surface area contributed by atoms with Crippen LogP contribution in [0.4, 0.5) is 18.9 Å². The van der Waals surface area contributed by atoms with Crippen molar-refractivity contribution < 1.29 is 35.1 Å². The molecule has 0 amide bonds. The third-order valence-electron chi connectivity index (χ3n) is 6.96. The van der Waals surface area contributed by atoms with Gasteiger partial charge < -0.3 is 10.0 Å². The SMILES string of the molecule is CC[C@H](C)S(=O)(=O)NC[C@H]1CN(S(=O)(=O)C2=CC=CCC2=S)CCN1c1ccc([C@](C)(O)C(F)(F)F)cc1. The number of nitrogens with one attached hydrogen (secondary N) is 1. The van der Waals surface area contributed by atoms with Gasteiger partial charge in [0, 0.05) is 43.2 Å². The minimum absolute atomic E-state index is 0.0288. The molecule has 0 aromatic heterocycles. The predicted octanol–water partition coefficient (Wildman–Crippen LogP) is 3.21. The van der Waals surface area contributed by atoms with Crippen LogP contribution in [0.2, 0.25) is 0 Å². The zero-order valence-electron chi connectivity index (χ0n) is 21.3. The van der Waals surface area contributed by atoms with E-state index in [2.05, 4.69) is 4.72 Å². The van der Waals surface area contributed by atoms with Crippen molar-refractivity contribution >= 4 is 42.8 Å². The summed E-state index contributed by atoms with van der Waals surface area (Å²) >= 11 is 5.26. The predicted molar refractivity (Wildman–Crippen MR) is 145 cm³/mol. The van der Waals surface area contributed by atoms with Gasteiger partial charge in [0.2, 0.25) is 20.0 Å². The van der Waals surface area contributed by atoms with Crippen molar-refractivity contribution in [2.24, 2.45) is 0 Å². The first-order chi connectivity index (χ1) is 17.5. The summed E-state index contributed by atoms with van der Waals surface area (Å²) in [6.45, 7) is 3.98. The number of halogens is 3. The van der Waals surface area contributed by atoms with Crippen molar-refractivity contribution in [2.75, 3.05) is 31.1 Å². The Morgan fingerprint density at radius 2 is 1.79 bits per heavy atom. The highest BCUT2D eigenvalue weighted by molar-refractivity contribution is 7.96. The van der Waals surface area contributed by atoms with Gasteiger partial charge in [0.05, 0.1) is 16.2 Å². The molecular weight excluding hydrogens is 563 g/mol. The van der Waals surface area contributed by atoms with Gasteiger partial charge in [-0.15, -0.1) is 0 Å². The molecule has 38 heavy (non-hydrogen) atoms. The lowest BCUT2D eigenvalue weighted by Crippen LogP contribution is -2.59. The van der Waals surface area contributed by atoms with E-state index in [1.54, 1.807) is 30.9 Å². The number of hydrogen-bond donors (Lipinski definition) is 2. The number of nitrogens with zero attached hydrogens (tertiary/aromatic N) is 2. The normalized spacial score (nSPS) is 22.2. The number of thiocarbonyl (C=S) groups is 1. The Bertz CT molecular complexity index is 1310. The van der Waals surface area contributed by atoms with E-state index >= 15 is 0 Å². The Kier molecular flexibility index (Phi) is 9.16. The molecule has 1 aliphatic heterocycles. The molecule has 3 atom stereocenters. The van der Waals surface area contributed by atoms with Crippen molar-refractivity contribution in [1.82, 2.24) is 9.03 Å². The number of anilines is 1. The topological polar surface area (TPSA) is 107 Å². The molecule has 2 aliphatic rings. The molecule has 1 aliphatic carbocycles. The number of aliphatic hydroxyl groups is 1. The van der Waals surface area contributed by atoms with Crippen LogP contribution < -0.4 is 9.62 Å². The largest absolute Gasteiger partial charge is 0.421 e. The summed E-state index contributed by atoms with van der Waals surface area (Å²) in [5, 5.41) is 9.32. The van der Waals surface area contributed by atoms with E-state index in [1.807, 2.05) is 0 Å². The Balaban J connectivity index is 1.91. The third-order valence-corrected chi connectivity index (χ3v) is 11.4. The van der Waals surface area contributed by atoms with E-state index < -0.39 is 43.1 Å². The summed E-state index contributed by atoms with van der Waals surface area (Å²) in [4.78, 5) is 2.07. The van der Waals surface area contributed by atoms with E-state index in [0.29, 0.717) is 25.5 Å². The molecule has 1 saturated heterocycles. The molecule has 1 heterocycles. The van der Waals surface area contributed by atoms with Gasteiger partial charge in [0.15, 0.2) is 5.60 Å². The second-order valence-corrected chi connectivity index (χ2v) is 14.1. The average Bonchev–Trinajstić information content (AvgIpc) is 2.86. The van der Waals surface area contributed by atoms with Crippen molar-refractivity contribution in [3.8, 4) is 0 Å². The van der Waals surface area contributed by atoms with E-state index in [1.165, 1.54) is 22.5 Å². The van der Waals surface area contributed by atoms with Crippen LogP contribution in [0.15, 0.2) is 47.4 Å². The molecular formula is C24H32F3N3O5S3. The number of rotatable bonds is 9. The average molecular weight is 596 g/mol. The van der Waals surface area contributed by atoms with Crippen molar-refractivity contribution in [3.63, 3.8) is 0 Å². The molecule has 0 unspecified atom stereocenters. The molecule has 212 valence electrons. The second-order valence-electron chi connectivity index (χ2n) is 9.53. The summed E-state index contributed by atoms with van der Waals surface area (Å²) in [7, 11) is -7.63. The highest BCUT2D eigenvalue weighted by Crippen LogP contribution is 2.39. The van der Waals surface area contributed by atoms with Crippen LogP contribution in [0, 0.1) is 0 Å². The van der Waals surface area contributed by atoms with Gasteiger partial charge in [-0.25, -0.2) is 21.6 Å². The molecule has 0 bridgehead atoms. The van der Waals surface area contributed by atoms with E-state index in [0.717, 1.165) is 12.1 Å². The first-order valence-corrected chi connectivity index (χ1v) is 15.5. The monoisotopic (exact) mass is 595 g/mol. The maximum absolute atomic E-state index is 13.4. The second kappa shape index (κ2) is 11.3. The molecule has 1 aromatic carbocycles. The van der Waals surface area contributed by atoms with E-state index in [4.69, 9.17) is 12.2 Å². The zero-order chi connectivity index (χ0) is 28.5. The van der Waals surface area contributed by atoms with Gasteiger partial charge >= 0.3 is 6.18 Å². The molecule has 14 heteroatoms. The lowest BCUT2D eigenvalue weighted by molar-refractivity contribution is -0.258. The quantitative estimate of drug-likeness (QED) is 0.423. The van der Waals surface area contributed by atoms with Crippen molar-refractivity contribution in [2.45, 2.75) is 56.7 Å². The van der Waals surface area contributed by atoms with Crippen LogP contribution in [0.25, 0.3) is 0 Å². The summed E-state index contributed by atoms with van der Waals surface area (Å²) in [5.41, 5.74) is -2.94. The Morgan fingerprint density at radius 1 is 1.16 bits per heavy atom. The summed E-state index contributed by atoms with van der Waals surface area (Å²) in [6, 6.07) is 4.45. The maximum Gasteiger partial charge on any atom is 0.421 e. The fourth-order valence-corrected chi connectivity index (χ4v) is 7.39. The highest BCUT2D eigenvalue weighted by atomic mass is 32.2. The summed E-state index contributed by atoms with van der Waals surface area (Å²) in [6.07, 6.45) is 0.643. The van der Waals surface area contributed by atoms with Crippen LogP contribution in [0.3, 0.4) is 0 Å². The number of hydrogen-bond acceptors (Lipinski definition) is 7. The fourth-order valence-electron chi connectivity index (χ4n) is 4.17. The first-order valence-electron chi connectivity index (χ1n) is 12.1. The maximum atomic E-state index is 13.4. The number of benzene rings is 1. The molecule has 2 N–H and O–H groups in total. The molecule has 3 rings (SSSR count). The summed E-state index contributed by atoms with van der Waals surface area (Å²) in [5.74, 6) is 0. The van der Waals surface area contributed by atoms with Crippen LogP contribution in [-0.2, 0) is 25.6 Å². The standard InChI is InChI=1S/C24H32F3N3O5S3/c1-4-17(2)37(32,33)28-15-20-16-29(38(34,35)22-8-6-5-7-21(22)36)13-14-30(20)19-11-9-18(10-12-19)23(3,31)24(25,26)27/h5-6,8-12,17,20,28,31H,4,7,13-16H2,1-3H3/t17-,20-,23-/m0/s1. The van der Waals surface area contributed by atoms with Crippen molar-refractivity contribution in [3.05, 3.63) is 53.0 Å². The lowest BCUT2D eigenvalue weighted by atomic mass is 9.95. The number of allylic oxidation sites excluding steroid dienone is 4. The molecule has 1 fully saturated rings. The van der Waals surface area contributed by atoms with Crippen molar-refractivity contribution in [1.29, 1.82) is 0 Å². The number of sulfonamides is 2. The minimum atomic E-state index is -4.88. The minimum Gasteiger partial charge on any atom is -0.376 e. The molecule has 0 saturated carbocycles. The van der Waals surface area contributed by atoms with Gasteiger partial charge in [-0.05, 0) is 44.0 Å². The lowest BCUT2D eigenvalue weighted by Gasteiger charge is -2.42. The molecule has 8 nitrogen and oxygen atoms in total. The van der Waals surface area contributed by atoms with Crippen LogP contribution in [0.5, 0.6) is 0 Å². The third kappa shape index (κ3) is 6.31. The Morgan fingerprint density at radius 3 is 2.34 bits per heavy atom. The van der Waals surface area contributed by atoms with E-state index in [9.17, 15) is 35.1 Å². The smallest absolute Gasteiger partial charge is 0.376 e. The van der Waals surface area contributed by atoms with Gasteiger partial charge in [0.25, 0.3) is 0 Å².